The van der Waals surface area contributed by atoms with Gasteiger partial charge in [0.25, 0.3) is 0 Å². The molecule has 0 amide bonds. The van der Waals surface area contributed by atoms with E-state index >= 15 is 0 Å². The summed E-state index contributed by atoms with van der Waals surface area (Å²) in [5, 5.41) is 73.3. The molecule has 14 nitrogen and oxygen atoms in total. The molecule has 0 saturated heterocycles. The van der Waals surface area contributed by atoms with Crippen LogP contribution in [-0.2, 0) is 25.6 Å². The molecule has 4 N–H and O–H groups in total. The van der Waals surface area contributed by atoms with Crippen LogP contribution in [0.5, 0.6) is 0 Å². The summed E-state index contributed by atoms with van der Waals surface area (Å²) in [6, 6.07) is 111. The van der Waals surface area contributed by atoms with Gasteiger partial charge < -0.3 is 30.2 Å². The Labute approximate surface area is 817 Å². The molecular formula is C118H92N6O8S5. The highest BCUT2D eigenvalue weighted by Crippen LogP contribution is 2.42. The number of nitriles is 4. The Kier molecular flexibility index (Phi) is 32.7. The number of carbonyl (C=O) groups is 4. The maximum Gasteiger partial charge on any atom is 0.346 e. The third kappa shape index (κ3) is 26.2. The van der Waals surface area contributed by atoms with Gasteiger partial charge in [0.15, 0.2) is 0 Å². The van der Waals surface area contributed by atoms with Crippen LogP contribution in [0.15, 0.2) is 326 Å². The van der Waals surface area contributed by atoms with Crippen molar-refractivity contribution in [1.29, 1.82) is 21.0 Å². The molecule has 5 heterocycles. The van der Waals surface area contributed by atoms with E-state index in [4.69, 9.17) is 21.0 Å². The van der Waals surface area contributed by atoms with E-state index in [1.165, 1.54) is 143 Å². The number of hydrogen-bond donors (Lipinski definition) is 4. The molecule has 137 heavy (non-hydrogen) atoms. The lowest BCUT2D eigenvalue weighted by molar-refractivity contribution is -0.133. The van der Waals surface area contributed by atoms with Crippen molar-refractivity contribution in [2.75, 3.05) is 9.80 Å². The number of thiophene rings is 5. The number of aliphatic carboxylic acids is 4. The van der Waals surface area contributed by atoms with Crippen LogP contribution in [0.4, 0.5) is 34.1 Å². The van der Waals surface area contributed by atoms with Gasteiger partial charge in [0.1, 0.15) is 46.6 Å². The Morgan fingerprint density at radius 2 is 0.526 bits per heavy atom. The molecule has 0 atom stereocenters. The highest BCUT2D eigenvalue weighted by Gasteiger charge is 2.21. The van der Waals surface area contributed by atoms with E-state index in [2.05, 4.69) is 284 Å². The van der Waals surface area contributed by atoms with Crippen molar-refractivity contribution in [3.63, 3.8) is 0 Å². The molecule has 0 bridgehead atoms. The van der Waals surface area contributed by atoms with E-state index in [9.17, 15) is 39.6 Å². The summed E-state index contributed by atoms with van der Waals surface area (Å²) < 4.78 is 0. The number of benzene rings is 10. The highest BCUT2D eigenvalue weighted by atomic mass is 32.1. The molecule has 15 aromatic rings. The van der Waals surface area contributed by atoms with Gasteiger partial charge in [-0.25, -0.2) is 19.2 Å². The summed E-state index contributed by atoms with van der Waals surface area (Å²) in [6.07, 6.45) is 39.4. The van der Waals surface area contributed by atoms with Crippen molar-refractivity contribution in [3.8, 4) is 66.0 Å². The van der Waals surface area contributed by atoms with Gasteiger partial charge in [0, 0.05) is 82.9 Å². The Hall–Kier alpha value is -16.2. The zero-order valence-electron chi connectivity index (χ0n) is 74.7. The minimum atomic E-state index is -1.24. The van der Waals surface area contributed by atoms with Crippen molar-refractivity contribution >= 4 is 200 Å². The number of rotatable bonds is 34. The number of hydrogen-bond acceptors (Lipinski definition) is 15. The maximum absolute atomic E-state index is 11.3. The van der Waals surface area contributed by atoms with Gasteiger partial charge in [-0.1, -0.05) is 270 Å². The van der Waals surface area contributed by atoms with Crippen molar-refractivity contribution in [2.45, 2.75) is 77.0 Å². The van der Waals surface area contributed by atoms with Crippen LogP contribution >= 0.6 is 56.7 Å². The van der Waals surface area contributed by atoms with Gasteiger partial charge in [-0.2, -0.15) is 21.0 Å². The summed E-state index contributed by atoms with van der Waals surface area (Å²) in [5.41, 5.74) is 20.2. The van der Waals surface area contributed by atoms with Crippen LogP contribution in [0.25, 0.3) is 127 Å². The van der Waals surface area contributed by atoms with Crippen molar-refractivity contribution in [1.82, 2.24) is 0 Å². The van der Waals surface area contributed by atoms with Gasteiger partial charge in [-0.15, -0.1) is 56.7 Å². The number of nitrogens with zero attached hydrogens (tertiary/aromatic N) is 6. The van der Waals surface area contributed by atoms with Gasteiger partial charge in [-0.05, 0) is 273 Å². The average molecular weight is 1880 g/mol. The van der Waals surface area contributed by atoms with E-state index in [1.807, 2.05) is 108 Å². The standard InChI is InChI=1S/C62H49N3O4S3.C56H43N3O4S2/c1-2-3-4-5-6-55-33-34-56(70-55)32-21-47-19-30-54(31-20-47)65(52-26-15-45(16-27-52)9-7-43-11-22-48(23-12-43)59-37-35-57(71-59)39-50(41-63)61(66)67)53-28-17-46(18-29-53)10-8-44-13-24-49(25-14-44)60-38-36-58(72-60)40-51(42-64)62(68)69;57-36-46(55(60)61)34-51-30-32-53(64-51)44-18-10-38(11-19-44)6-8-40-14-24-48(25-15-40)59(50-28-22-43(23-29-50)42-4-2-1-3-5-42)49-26-16-41(17-27-49)9-7-39-12-20-45(21-13-39)54-33-31-52(65-54)35-47(37-58)56(62)63/h7-40H,2-6H2,1H3,(H,66,67)(H,68,69);6-35,42H,1-5H2,(H,60,61)(H,62,63)/b9-7+,10-8+,32-21+,50-39-,51-40+;8-6+,9-7+,46-34-,47-35+. The van der Waals surface area contributed by atoms with Crippen molar-refractivity contribution in [2.24, 2.45) is 0 Å². The fraction of sp³-hybridized carbons (Fsp3) is 0.102. The molecule has 10 aromatic carbocycles. The minimum Gasteiger partial charge on any atom is -0.477 e. The molecule has 5 aromatic heterocycles. The van der Waals surface area contributed by atoms with E-state index in [-0.39, 0.29) is 22.3 Å². The minimum absolute atomic E-state index is 0.288. The normalized spacial score (nSPS) is 12.6. The third-order valence-corrected chi connectivity index (χ3v) is 28.5. The summed E-state index contributed by atoms with van der Waals surface area (Å²) in [6.45, 7) is 2.25. The van der Waals surface area contributed by atoms with Crippen LogP contribution in [0.2, 0.25) is 0 Å². The van der Waals surface area contributed by atoms with E-state index in [0.29, 0.717) is 25.4 Å². The molecule has 0 unspecified atom stereocenters. The predicted molar refractivity (Wildman–Crippen MR) is 569 cm³/mol. The smallest absolute Gasteiger partial charge is 0.346 e. The Balaban J connectivity index is 0.000000209. The lowest BCUT2D eigenvalue weighted by atomic mass is 9.84. The van der Waals surface area contributed by atoms with Crippen molar-refractivity contribution < 1.29 is 39.6 Å². The summed E-state index contributed by atoms with van der Waals surface area (Å²) in [5.74, 6) is -4.32. The van der Waals surface area contributed by atoms with Crippen LogP contribution in [-0.4, -0.2) is 44.3 Å². The second-order valence-corrected chi connectivity index (χ2v) is 38.2. The van der Waals surface area contributed by atoms with E-state index < -0.39 is 23.9 Å². The van der Waals surface area contributed by atoms with Crippen LogP contribution < -0.4 is 9.80 Å². The first-order chi connectivity index (χ1) is 66.9. The molecular weight excluding hydrogens is 1790 g/mol. The Bertz CT molecular complexity index is 6920. The SMILES string of the molecule is CCCCCCc1ccc(/C=C/c2ccc(N(c3ccc(/C=C/c4ccc(-c5ccc(/C=C(/C#N)C(=O)O)s5)cc4)cc3)c3ccc(/C=C/c4ccc(-c5ccc(/C=C(\C#N)C(=O)O)s5)cc4)cc3)cc2)s1.N#C/C(=C/c1ccc(-c2ccc(/C=C/c3ccc(N(c4ccc(/C=C/c5ccc(-c6ccc(/C=C(\C#N)C(=O)O)s6)cc5)cc4)c4ccc(C5CCCCC5)cc4)cc3)cc2)s1)C(=O)O. The topological polar surface area (TPSA) is 251 Å². The number of aryl methyl sites for hydroxylation is 1. The number of carboxylic acid groups (broad SMARTS) is 4. The zero-order valence-corrected chi connectivity index (χ0v) is 78.8. The molecule has 1 saturated carbocycles. The summed E-state index contributed by atoms with van der Waals surface area (Å²) >= 11 is 7.63. The quantitative estimate of drug-likeness (QED) is 0.0127. The van der Waals surface area contributed by atoms with Crippen LogP contribution in [0.3, 0.4) is 0 Å². The summed E-state index contributed by atoms with van der Waals surface area (Å²) in [4.78, 5) is 59.1. The second kappa shape index (κ2) is 46.9. The number of carboxylic acids is 4. The first kappa shape index (κ1) is 95.4. The molecule has 1 aliphatic carbocycles. The lowest BCUT2D eigenvalue weighted by Crippen LogP contribution is -2.10. The predicted octanol–water partition coefficient (Wildman–Crippen LogP) is 32.3. The second-order valence-electron chi connectivity index (χ2n) is 32.5. The largest absolute Gasteiger partial charge is 0.477 e. The molecule has 19 heteroatoms. The van der Waals surface area contributed by atoms with Crippen LogP contribution in [0.1, 0.15) is 156 Å². The first-order valence-corrected chi connectivity index (χ1v) is 48.9. The highest BCUT2D eigenvalue weighted by molar-refractivity contribution is 7.17. The number of unbranched alkanes of at least 4 members (excludes halogenated alkanes) is 3. The molecule has 0 radical (unpaired) electrons. The van der Waals surface area contributed by atoms with Crippen molar-refractivity contribution in [3.05, 3.63) is 411 Å². The molecule has 0 aliphatic heterocycles. The Morgan fingerprint density at radius 3 is 0.774 bits per heavy atom. The monoisotopic (exact) mass is 1880 g/mol. The fourth-order valence-corrected chi connectivity index (χ4v) is 20.5. The fourth-order valence-electron chi connectivity index (χ4n) is 15.7. The van der Waals surface area contributed by atoms with Crippen LogP contribution in [0, 0.1) is 45.3 Å². The lowest BCUT2D eigenvalue weighted by Gasteiger charge is -2.27. The average Bonchev–Trinajstić information content (AvgIpc) is 1.62. The molecule has 0 spiro atoms. The van der Waals surface area contributed by atoms with Gasteiger partial charge in [0.2, 0.25) is 0 Å². The Morgan fingerprint density at radius 1 is 0.285 bits per heavy atom. The van der Waals surface area contributed by atoms with Gasteiger partial charge in [-0.3, -0.25) is 0 Å². The van der Waals surface area contributed by atoms with E-state index in [0.717, 1.165) is 132 Å². The molecule has 1 fully saturated rings. The molecule has 1 aliphatic rings. The maximum atomic E-state index is 11.3. The molecule has 16 rings (SSSR count). The van der Waals surface area contributed by atoms with Gasteiger partial charge >= 0.3 is 23.9 Å². The van der Waals surface area contributed by atoms with E-state index in [1.54, 1.807) is 24.3 Å². The zero-order chi connectivity index (χ0) is 95.4. The third-order valence-electron chi connectivity index (χ3n) is 23.1. The number of anilines is 6. The summed E-state index contributed by atoms with van der Waals surface area (Å²) in [7, 11) is 0. The van der Waals surface area contributed by atoms with Gasteiger partial charge in [0.05, 0.1) is 0 Å². The molecule has 672 valence electrons. The first-order valence-electron chi connectivity index (χ1n) is 44.8.